The minimum Gasteiger partial charge on any atom is -0.467 e. The molecule has 2 rings (SSSR count). The summed E-state index contributed by atoms with van der Waals surface area (Å²) in [5.41, 5.74) is 1.53. The van der Waals surface area contributed by atoms with E-state index in [0.717, 1.165) is 11.3 Å². The Bertz CT molecular complexity index is 650. The van der Waals surface area contributed by atoms with Gasteiger partial charge in [-0.2, -0.15) is 0 Å². The monoisotopic (exact) mass is 330 g/mol. The molecule has 1 aromatic carbocycles. The Balaban J connectivity index is 2.05. The average Bonchev–Trinajstić information content (AvgIpc) is 3.09. The number of ether oxygens (including phenoxy) is 1. The molecule has 0 spiro atoms. The molecule has 0 saturated heterocycles. The van der Waals surface area contributed by atoms with Gasteiger partial charge in [0.15, 0.2) is 0 Å². The summed E-state index contributed by atoms with van der Waals surface area (Å²) in [5.74, 6) is 0.551. The van der Waals surface area contributed by atoms with E-state index in [9.17, 15) is 9.59 Å². The second-order valence-electron chi connectivity index (χ2n) is 5.41. The molecule has 0 aliphatic carbocycles. The van der Waals surface area contributed by atoms with Crippen molar-refractivity contribution in [3.05, 3.63) is 59.5 Å². The number of hydrogen-bond acceptors (Lipinski definition) is 4. The van der Waals surface area contributed by atoms with E-state index in [1.807, 2.05) is 18.2 Å². The number of rotatable bonds is 8. The van der Waals surface area contributed by atoms with Crippen LogP contribution >= 0.6 is 0 Å². The van der Waals surface area contributed by atoms with Crippen molar-refractivity contribution in [2.75, 3.05) is 20.3 Å². The van der Waals surface area contributed by atoms with Gasteiger partial charge in [-0.3, -0.25) is 9.59 Å². The number of benzene rings is 1. The highest BCUT2D eigenvalue weighted by molar-refractivity contribution is 5.94. The highest BCUT2D eigenvalue weighted by atomic mass is 16.5. The molecule has 0 saturated carbocycles. The Morgan fingerprint density at radius 3 is 2.54 bits per heavy atom. The zero-order valence-corrected chi connectivity index (χ0v) is 14.0. The second kappa shape index (κ2) is 8.88. The lowest BCUT2D eigenvalue weighted by Crippen LogP contribution is -2.33. The molecule has 0 unspecified atom stereocenters. The van der Waals surface area contributed by atoms with Crippen LogP contribution in [0.15, 0.2) is 47.1 Å². The summed E-state index contributed by atoms with van der Waals surface area (Å²) in [7, 11) is 1.60. The Labute approximate surface area is 141 Å². The fourth-order valence-electron chi connectivity index (χ4n) is 2.22. The Kier molecular flexibility index (Phi) is 6.57. The van der Waals surface area contributed by atoms with Crippen LogP contribution in [0, 0.1) is 0 Å². The molecule has 6 heteroatoms. The van der Waals surface area contributed by atoms with Crippen LogP contribution in [0.4, 0.5) is 0 Å². The summed E-state index contributed by atoms with van der Waals surface area (Å²) >= 11 is 0. The average molecular weight is 330 g/mol. The van der Waals surface area contributed by atoms with Crippen LogP contribution < -0.4 is 5.32 Å². The van der Waals surface area contributed by atoms with E-state index in [4.69, 9.17) is 9.15 Å². The minimum atomic E-state index is -0.0884. The highest BCUT2D eigenvalue weighted by Crippen LogP contribution is 2.12. The molecule has 2 amide bonds. The molecular formula is C18H22N2O4. The predicted molar refractivity (Wildman–Crippen MR) is 89.3 cm³/mol. The first-order valence-electron chi connectivity index (χ1n) is 7.74. The largest absolute Gasteiger partial charge is 0.467 e. The first kappa shape index (κ1) is 17.7. The number of methoxy groups -OCH3 is 1. The van der Waals surface area contributed by atoms with E-state index in [0.29, 0.717) is 31.8 Å². The maximum atomic E-state index is 12.7. The van der Waals surface area contributed by atoms with Crippen molar-refractivity contribution < 1.29 is 18.7 Å². The van der Waals surface area contributed by atoms with Crippen LogP contribution in [0.3, 0.4) is 0 Å². The Morgan fingerprint density at radius 1 is 1.21 bits per heavy atom. The van der Waals surface area contributed by atoms with Crippen LogP contribution in [0.2, 0.25) is 0 Å². The van der Waals surface area contributed by atoms with Crippen molar-refractivity contribution in [1.29, 1.82) is 0 Å². The van der Waals surface area contributed by atoms with E-state index in [1.54, 1.807) is 36.5 Å². The van der Waals surface area contributed by atoms with Gasteiger partial charge in [0.25, 0.3) is 5.91 Å². The minimum absolute atomic E-state index is 0.0839. The topological polar surface area (TPSA) is 71.8 Å². The van der Waals surface area contributed by atoms with Crippen LogP contribution in [0.1, 0.15) is 28.6 Å². The van der Waals surface area contributed by atoms with E-state index in [2.05, 4.69) is 5.32 Å². The lowest BCUT2D eigenvalue weighted by Gasteiger charge is -2.21. The number of hydrogen-bond donors (Lipinski definition) is 1. The molecule has 0 aliphatic rings. The van der Waals surface area contributed by atoms with Gasteiger partial charge in [0.05, 0.1) is 19.4 Å². The molecule has 0 radical (unpaired) electrons. The first-order valence-corrected chi connectivity index (χ1v) is 7.74. The molecule has 24 heavy (non-hydrogen) atoms. The Morgan fingerprint density at radius 2 is 1.96 bits per heavy atom. The van der Waals surface area contributed by atoms with Gasteiger partial charge in [0.1, 0.15) is 5.76 Å². The van der Waals surface area contributed by atoms with Gasteiger partial charge >= 0.3 is 0 Å². The lowest BCUT2D eigenvalue weighted by atomic mass is 10.1. The van der Waals surface area contributed by atoms with E-state index >= 15 is 0 Å². The van der Waals surface area contributed by atoms with Gasteiger partial charge in [-0.1, -0.05) is 12.1 Å². The maximum Gasteiger partial charge on any atom is 0.254 e. The standard InChI is InChI=1S/C18H22N2O4/c1-14(21)19-12-15-5-7-16(8-6-15)18(22)20(9-11-23-2)13-17-4-3-10-24-17/h3-8,10H,9,11-13H2,1-2H3,(H,19,21). The molecule has 128 valence electrons. The molecule has 2 aromatic rings. The summed E-state index contributed by atoms with van der Waals surface area (Å²) < 4.78 is 10.4. The number of amides is 2. The molecule has 1 N–H and O–H groups in total. The third-order valence-corrected chi connectivity index (χ3v) is 3.52. The number of nitrogens with one attached hydrogen (secondary N) is 1. The van der Waals surface area contributed by atoms with Crippen molar-refractivity contribution in [2.45, 2.75) is 20.0 Å². The third-order valence-electron chi connectivity index (χ3n) is 3.52. The lowest BCUT2D eigenvalue weighted by molar-refractivity contribution is -0.119. The van der Waals surface area contributed by atoms with Gasteiger partial charge in [-0.25, -0.2) is 0 Å². The maximum absolute atomic E-state index is 12.7. The smallest absolute Gasteiger partial charge is 0.254 e. The van der Waals surface area contributed by atoms with Crippen molar-refractivity contribution in [1.82, 2.24) is 10.2 Å². The summed E-state index contributed by atoms with van der Waals surface area (Å²) in [6, 6.07) is 10.8. The zero-order chi connectivity index (χ0) is 17.4. The normalized spacial score (nSPS) is 10.4. The number of nitrogens with zero attached hydrogens (tertiary/aromatic N) is 1. The van der Waals surface area contributed by atoms with Gasteiger partial charge in [-0.05, 0) is 29.8 Å². The summed E-state index contributed by atoms with van der Waals surface area (Å²) in [6.07, 6.45) is 1.59. The molecule has 1 heterocycles. The summed E-state index contributed by atoms with van der Waals surface area (Å²) in [6.45, 7) is 3.24. The molecule has 6 nitrogen and oxygen atoms in total. The van der Waals surface area contributed by atoms with E-state index in [1.165, 1.54) is 6.92 Å². The van der Waals surface area contributed by atoms with Gasteiger partial charge in [0, 0.05) is 32.7 Å². The molecule has 0 aliphatic heterocycles. The molecular weight excluding hydrogens is 308 g/mol. The SMILES string of the molecule is COCCN(Cc1ccco1)C(=O)c1ccc(CNC(C)=O)cc1. The van der Waals surface area contributed by atoms with E-state index in [-0.39, 0.29) is 11.8 Å². The molecule has 0 fully saturated rings. The van der Waals surface area contributed by atoms with E-state index < -0.39 is 0 Å². The first-order chi connectivity index (χ1) is 11.6. The molecule has 0 bridgehead atoms. The highest BCUT2D eigenvalue weighted by Gasteiger charge is 2.17. The number of furan rings is 1. The summed E-state index contributed by atoms with van der Waals surface area (Å²) in [4.78, 5) is 25.3. The van der Waals surface area contributed by atoms with Crippen LogP contribution in [0.25, 0.3) is 0 Å². The van der Waals surface area contributed by atoms with Crippen molar-refractivity contribution >= 4 is 11.8 Å². The fourth-order valence-corrected chi connectivity index (χ4v) is 2.22. The van der Waals surface area contributed by atoms with Crippen molar-refractivity contribution in [3.63, 3.8) is 0 Å². The molecule has 0 atom stereocenters. The van der Waals surface area contributed by atoms with Crippen molar-refractivity contribution in [3.8, 4) is 0 Å². The predicted octanol–water partition coefficient (Wildman–Crippen LogP) is 2.20. The second-order valence-corrected chi connectivity index (χ2v) is 5.41. The van der Waals surface area contributed by atoms with Crippen LogP contribution in [-0.4, -0.2) is 37.0 Å². The van der Waals surface area contributed by atoms with Gasteiger partial charge in [0.2, 0.25) is 5.91 Å². The quantitative estimate of drug-likeness (QED) is 0.805. The summed E-state index contributed by atoms with van der Waals surface area (Å²) in [5, 5.41) is 2.73. The number of carbonyl (C=O) groups excluding carboxylic acids is 2. The van der Waals surface area contributed by atoms with Crippen molar-refractivity contribution in [2.24, 2.45) is 0 Å². The number of carbonyl (C=O) groups is 2. The molecule has 1 aromatic heterocycles. The fraction of sp³-hybridized carbons (Fsp3) is 0.333. The van der Waals surface area contributed by atoms with Crippen LogP contribution in [0.5, 0.6) is 0 Å². The van der Waals surface area contributed by atoms with Crippen LogP contribution in [-0.2, 0) is 22.6 Å². The van der Waals surface area contributed by atoms with Gasteiger partial charge in [-0.15, -0.1) is 0 Å². The van der Waals surface area contributed by atoms with Gasteiger partial charge < -0.3 is 19.4 Å². The third kappa shape index (κ3) is 5.24. The Hall–Kier alpha value is -2.60. The zero-order valence-electron chi connectivity index (χ0n) is 14.0.